The van der Waals surface area contributed by atoms with Gasteiger partial charge in [-0.1, -0.05) is 0 Å². The van der Waals surface area contributed by atoms with Crippen LogP contribution in [0.15, 0.2) is 0 Å². The molecule has 0 radical (unpaired) electrons. The zero-order valence-corrected chi connectivity index (χ0v) is 5.21. The molecule has 0 saturated heterocycles. The van der Waals surface area contributed by atoms with Gasteiger partial charge in [0.05, 0.1) is 0 Å². The van der Waals surface area contributed by atoms with Crippen LogP contribution in [0.25, 0.3) is 0 Å². The Kier molecular flexibility index (Phi) is 145. The van der Waals surface area contributed by atoms with Crippen molar-refractivity contribution in [1.29, 1.82) is 0 Å². The maximum Gasteiger partial charge on any atom is 0.324 e. The van der Waals surface area contributed by atoms with Crippen LogP contribution in [0.1, 0.15) is 0 Å². The van der Waals surface area contributed by atoms with Gasteiger partial charge in [-0.3, -0.25) is 0 Å². The summed E-state index contributed by atoms with van der Waals surface area (Å²) in [6.07, 6.45) is 0. The van der Waals surface area contributed by atoms with Crippen LogP contribution in [-0.4, -0.2) is 9.79 Å². The van der Waals surface area contributed by atoms with E-state index in [1.165, 1.54) is 0 Å². The third kappa shape index (κ3) is 1630. The first-order valence-electron chi connectivity index (χ1n) is 0.932. The van der Waals surface area contributed by atoms with Crippen molar-refractivity contribution in [3.63, 3.8) is 0 Å². The average Bonchev–Trinajstić information content (AvgIpc) is 1.75. The Hall–Kier alpha value is -0.280. The summed E-state index contributed by atoms with van der Waals surface area (Å²) in [5, 5.41) is 0. The van der Waals surface area contributed by atoms with Crippen LogP contribution < -0.4 is 0 Å². The van der Waals surface area contributed by atoms with Crippen LogP contribution >= 0.6 is 17.4 Å². The average molecular weight is 160 g/mol. The molecule has 0 amide bonds. The third-order valence-corrected chi connectivity index (χ3v) is 0. The molecule has 0 aliphatic heterocycles. The second-order valence-corrected chi connectivity index (χ2v) is 0.490. The summed E-state index contributed by atoms with van der Waals surface area (Å²) < 4.78 is 16.9. The largest absolute Gasteiger partial charge is 0.324 e. The molecule has 0 bridgehead atoms. The van der Waals surface area contributed by atoms with Crippen LogP contribution in [0, 0.1) is 9.93 Å². The molecule has 2 N–H and O–H groups in total. The minimum absolute atomic E-state index is 0.833. The SMILES string of the molecule is O=O.O=PO.O=PO. The summed E-state index contributed by atoms with van der Waals surface area (Å²) in [6, 6.07) is 0. The van der Waals surface area contributed by atoms with Crippen molar-refractivity contribution in [2.24, 2.45) is 0 Å². The van der Waals surface area contributed by atoms with E-state index in [1.54, 1.807) is 0 Å². The Labute approximate surface area is 47.3 Å². The summed E-state index contributed by atoms with van der Waals surface area (Å²) in [7, 11) is -1.67. The second-order valence-electron chi connectivity index (χ2n) is 0.163. The maximum absolute atomic E-state index is 8.46. The van der Waals surface area contributed by atoms with Gasteiger partial charge >= 0.3 is 17.4 Å². The maximum atomic E-state index is 8.46. The Balaban J connectivity index is -0.0000000483. The monoisotopic (exact) mass is 160 g/mol. The molecular weight excluding hydrogens is 158 g/mol. The summed E-state index contributed by atoms with van der Waals surface area (Å²) in [6.45, 7) is 0. The van der Waals surface area contributed by atoms with Gasteiger partial charge < -0.3 is 9.79 Å². The van der Waals surface area contributed by atoms with Crippen molar-refractivity contribution in [3.8, 4) is 0 Å². The van der Waals surface area contributed by atoms with E-state index < -0.39 is 17.4 Å². The van der Waals surface area contributed by atoms with Crippen molar-refractivity contribution < 1.29 is 18.9 Å². The van der Waals surface area contributed by atoms with Crippen molar-refractivity contribution in [1.82, 2.24) is 0 Å². The van der Waals surface area contributed by atoms with Gasteiger partial charge in [-0.05, 0) is 0 Å². The fourth-order valence-corrected chi connectivity index (χ4v) is 0. The Morgan fingerprint density at radius 3 is 0.875 bits per heavy atom. The van der Waals surface area contributed by atoms with Gasteiger partial charge in [0.2, 0.25) is 0 Å². The highest BCUT2D eigenvalue weighted by Gasteiger charge is 1.28. The molecule has 6 nitrogen and oxygen atoms in total. The van der Waals surface area contributed by atoms with Crippen molar-refractivity contribution >= 4 is 17.4 Å². The minimum atomic E-state index is -0.833. The summed E-state index contributed by atoms with van der Waals surface area (Å²) in [5.41, 5.74) is 0. The first-order valence-corrected chi connectivity index (χ1v) is 2.46. The molecule has 8 heteroatoms. The molecule has 0 heterocycles. The fourth-order valence-electron chi connectivity index (χ4n) is 0. The van der Waals surface area contributed by atoms with Crippen molar-refractivity contribution in [2.75, 3.05) is 0 Å². The Morgan fingerprint density at radius 2 is 0.875 bits per heavy atom. The third-order valence-electron chi connectivity index (χ3n) is 0. The highest BCUT2D eigenvalue weighted by molar-refractivity contribution is 7.16. The first-order chi connectivity index (χ1) is 3.83. The van der Waals surface area contributed by atoms with E-state index in [0.29, 0.717) is 0 Å². The van der Waals surface area contributed by atoms with E-state index in [-0.39, 0.29) is 0 Å². The molecule has 0 atom stereocenters. The van der Waals surface area contributed by atoms with Gasteiger partial charge in [-0.2, -0.15) is 0 Å². The predicted molar refractivity (Wildman–Crippen MR) is 26.4 cm³/mol. The van der Waals surface area contributed by atoms with Gasteiger partial charge in [0.25, 0.3) is 0 Å². The van der Waals surface area contributed by atoms with Gasteiger partial charge in [0.15, 0.2) is 0 Å². The summed E-state index contributed by atoms with van der Waals surface area (Å²) in [5.74, 6) is 0. The summed E-state index contributed by atoms with van der Waals surface area (Å²) >= 11 is 0. The van der Waals surface area contributed by atoms with E-state index in [4.69, 9.17) is 28.8 Å². The van der Waals surface area contributed by atoms with Gasteiger partial charge in [0, 0.05) is 9.93 Å². The number of hydrogen-bond acceptors (Lipinski definition) is 4. The van der Waals surface area contributed by atoms with Gasteiger partial charge in [-0.25, -0.2) is 9.13 Å². The second kappa shape index (κ2) is 74.3. The van der Waals surface area contributed by atoms with E-state index >= 15 is 0 Å². The van der Waals surface area contributed by atoms with Crippen LogP contribution in [0.3, 0.4) is 0 Å². The molecule has 0 aromatic heterocycles. The van der Waals surface area contributed by atoms with E-state index in [0.717, 1.165) is 0 Å². The molecule has 0 rings (SSSR count). The van der Waals surface area contributed by atoms with Gasteiger partial charge in [-0.15, -0.1) is 0 Å². The lowest BCUT2D eigenvalue weighted by Gasteiger charge is -1.24. The molecule has 0 aliphatic rings. The molecule has 0 spiro atoms. The smallest absolute Gasteiger partial charge is 0.310 e. The lowest BCUT2D eigenvalue weighted by molar-refractivity contribution is 0.523. The topological polar surface area (TPSA) is 109 Å². The van der Waals surface area contributed by atoms with E-state index in [9.17, 15) is 0 Å². The molecule has 0 saturated carbocycles. The lowest BCUT2D eigenvalue weighted by Crippen LogP contribution is -1.03. The lowest BCUT2D eigenvalue weighted by atomic mass is 15.3. The van der Waals surface area contributed by atoms with E-state index in [2.05, 4.69) is 0 Å². The minimum Gasteiger partial charge on any atom is -0.310 e. The molecule has 0 unspecified atom stereocenters. The fraction of sp³-hybridized carbons (Fsp3) is 0. The zero-order valence-electron chi connectivity index (χ0n) is 3.42. The molecule has 0 aliphatic carbocycles. The highest BCUT2D eigenvalue weighted by Crippen LogP contribution is 1.66. The van der Waals surface area contributed by atoms with Gasteiger partial charge in [0.1, 0.15) is 0 Å². The highest BCUT2D eigenvalue weighted by atomic mass is 31.1. The standard InChI is InChI=1S/2HO2P.O2/c2*1-3-2;1-2/h2*(H,1,2);. The molecule has 0 fully saturated rings. The number of rotatable bonds is 0. The van der Waals surface area contributed by atoms with Crippen molar-refractivity contribution in [2.45, 2.75) is 0 Å². The normalized spacial score (nSPS) is 5.75. The molecule has 0 aromatic carbocycles. The molecule has 0 aromatic rings. The number of hydrogen-bond donors (Lipinski definition) is 2. The molecule has 8 heavy (non-hydrogen) atoms. The van der Waals surface area contributed by atoms with Crippen LogP contribution in [0.5, 0.6) is 0 Å². The van der Waals surface area contributed by atoms with Crippen LogP contribution in [-0.2, 0) is 9.13 Å². The van der Waals surface area contributed by atoms with Crippen molar-refractivity contribution in [3.05, 3.63) is 9.93 Å². The zero-order chi connectivity index (χ0) is 7.41. The first kappa shape index (κ1) is 15.6. The Morgan fingerprint density at radius 1 is 0.875 bits per heavy atom. The molecule has 48 valence electrons. The Bertz CT molecular complexity index is 35.8. The van der Waals surface area contributed by atoms with E-state index in [1.807, 2.05) is 0 Å². The predicted octanol–water partition coefficient (Wildman–Crippen LogP) is 0.438. The van der Waals surface area contributed by atoms with Crippen LogP contribution in [0.2, 0.25) is 0 Å². The quantitative estimate of drug-likeness (QED) is 0.497. The van der Waals surface area contributed by atoms with Crippen LogP contribution in [0.4, 0.5) is 0 Å². The molecular formula is H2O6P2. The summed E-state index contributed by atoms with van der Waals surface area (Å²) in [4.78, 5) is 28.0.